The number of benzene rings is 1. The smallest absolute Gasteiger partial charge is 0.385 e. The monoisotopic (exact) mass is 286 g/mol. The van der Waals surface area contributed by atoms with Crippen molar-refractivity contribution in [2.24, 2.45) is 5.41 Å². The molecule has 0 aliphatic heterocycles. The van der Waals surface area contributed by atoms with E-state index in [2.05, 4.69) is 13.8 Å². The molecule has 4 heteroatoms. The van der Waals surface area contributed by atoms with Crippen LogP contribution in [0, 0.1) is 12.3 Å². The van der Waals surface area contributed by atoms with E-state index in [-0.39, 0.29) is 5.41 Å². The van der Waals surface area contributed by atoms with Crippen molar-refractivity contribution < 1.29 is 18.3 Å². The second-order valence-electron chi connectivity index (χ2n) is 6.75. The zero-order chi connectivity index (χ0) is 15.2. The Morgan fingerprint density at radius 2 is 1.80 bits per heavy atom. The van der Waals surface area contributed by atoms with E-state index in [0.717, 1.165) is 25.0 Å². The van der Waals surface area contributed by atoms with Gasteiger partial charge < -0.3 is 5.11 Å². The van der Waals surface area contributed by atoms with Crippen LogP contribution in [0.4, 0.5) is 13.2 Å². The van der Waals surface area contributed by atoms with E-state index >= 15 is 0 Å². The zero-order valence-corrected chi connectivity index (χ0v) is 12.1. The Hall–Kier alpha value is -1.03. The Morgan fingerprint density at radius 1 is 1.15 bits per heavy atom. The normalized spacial score (nSPS) is 26.6. The van der Waals surface area contributed by atoms with Crippen molar-refractivity contribution in [2.45, 2.75) is 58.2 Å². The van der Waals surface area contributed by atoms with E-state index in [4.69, 9.17) is 0 Å². The van der Waals surface area contributed by atoms with Gasteiger partial charge in [-0.3, -0.25) is 0 Å². The molecule has 2 rings (SSSR count). The molecule has 1 nitrogen and oxygen atoms in total. The molecule has 1 aliphatic rings. The predicted molar refractivity (Wildman–Crippen MR) is 72.3 cm³/mol. The Morgan fingerprint density at radius 3 is 2.30 bits per heavy atom. The van der Waals surface area contributed by atoms with Gasteiger partial charge in [0, 0.05) is 0 Å². The van der Waals surface area contributed by atoms with E-state index in [1.165, 1.54) is 6.07 Å². The molecule has 20 heavy (non-hydrogen) atoms. The van der Waals surface area contributed by atoms with Gasteiger partial charge in [-0.25, -0.2) is 0 Å². The van der Waals surface area contributed by atoms with E-state index in [1.807, 2.05) is 0 Å². The van der Waals surface area contributed by atoms with Crippen LogP contribution in [0.5, 0.6) is 0 Å². The second kappa shape index (κ2) is 4.76. The molecule has 0 bridgehead atoms. The molecule has 0 heterocycles. The maximum atomic E-state index is 12.7. The number of rotatable bonds is 1. The molecule has 112 valence electrons. The van der Waals surface area contributed by atoms with Gasteiger partial charge in [0.15, 0.2) is 0 Å². The van der Waals surface area contributed by atoms with Gasteiger partial charge >= 0.3 is 6.18 Å². The van der Waals surface area contributed by atoms with Crippen molar-refractivity contribution in [3.8, 4) is 0 Å². The molecule has 1 saturated carbocycles. The minimum atomic E-state index is -4.34. The summed E-state index contributed by atoms with van der Waals surface area (Å²) in [6.07, 6.45) is -1.20. The highest BCUT2D eigenvalue weighted by Crippen LogP contribution is 2.47. The maximum Gasteiger partial charge on any atom is 0.416 e. The molecule has 1 fully saturated rings. The first-order valence-corrected chi connectivity index (χ1v) is 6.94. The van der Waals surface area contributed by atoms with Crippen LogP contribution in [0.1, 0.15) is 56.2 Å². The highest BCUT2D eigenvalue weighted by Gasteiger charge is 2.41. The van der Waals surface area contributed by atoms with Gasteiger partial charge in [-0.05, 0) is 61.3 Å². The Kier molecular flexibility index (Phi) is 3.66. The van der Waals surface area contributed by atoms with Crippen molar-refractivity contribution in [2.75, 3.05) is 0 Å². The summed E-state index contributed by atoms with van der Waals surface area (Å²) < 4.78 is 38.1. The molecule has 1 aliphatic carbocycles. The molecule has 0 radical (unpaired) electrons. The van der Waals surface area contributed by atoms with Crippen LogP contribution in [0.25, 0.3) is 0 Å². The third-order valence-corrected chi connectivity index (χ3v) is 4.27. The first-order chi connectivity index (χ1) is 9.04. The summed E-state index contributed by atoms with van der Waals surface area (Å²) in [6, 6.07) is 3.65. The topological polar surface area (TPSA) is 20.2 Å². The summed E-state index contributed by atoms with van der Waals surface area (Å²) in [5, 5.41) is 10.9. The van der Waals surface area contributed by atoms with Crippen molar-refractivity contribution in [1.82, 2.24) is 0 Å². The minimum Gasteiger partial charge on any atom is -0.385 e. The van der Waals surface area contributed by atoms with E-state index in [9.17, 15) is 18.3 Å². The quantitative estimate of drug-likeness (QED) is 0.786. The van der Waals surface area contributed by atoms with Crippen LogP contribution >= 0.6 is 0 Å². The van der Waals surface area contributed by atoms with Crippen molar-refractivity contribution in [1.29, 1.82) is 0 Å². The van der Waals surface area contributed by atoms with E-state index in [0.29, 0.717) is 24.0 Å². The molecule has 0 spiro atoms. The average molecular weight is 286 g/mol. The van der Waals surface area contributed by atoms with Crippen LogP contribution in [-0.4, -0.2) is 5.11 Å². The van der Waals surface area contributed by atoms with Gasteiger partial charge in [0.1, 0.15) is 0 Å². The second-order valence-corrected chi connectivity index (χ2v) is 6.75. The lowest BCUT2D eigenvalue weighted by Gasteiger charge is -2.42. The molecular weight excluding hydrogens is 265 g/mol. The Labute approximate surface area is 117 Å². The standard InChI is InChI=1S/C16H21F3O/c1-11-9-12(16(17,18)19)5-6-13(11)15(20)8-4-7-14(2,3)10-15/h5-6,9,20H,4,7-8,10H2,1-3H3. The highest BCUT2D eigenvalue weighted by atomic mass is 19.4. The zero-order valence-electron chi connectivity index (χ0n) is 12.1. The van der Waals surface area contributed by atoms with E-state index in [1.54, 1.807) is 6.92 Å². The lowest BCUT2D eigenvalue weighted by molar-refractivity contribution is -0.137. The van der Waals surface area contributed by atoms with Gasteiger partial charge in [0.05, 0.1) is 11.2 Å². The SMILES string of the molecule is Cc1cc(C(F)(F)F)ccc1C1(O)CCCC(C)(C)C1. The predicted octanol–water partition coefficient (Wildman–Crippen LogP) is 4.80. The number of hydrogen-bond acceptors (Lipinski definition) is 1. The van der Waals surface area contributed by atoms with Crippen molar-refractivity contribution in [3.63, 3.8) is 0 Å². The summed E-state index contributed by atoms with van der Waals surface area (Å²) in [4.78, 5) is 0. The van der Waals surface area contributed by atoms with Crippen molar-refractivity contribution >= 4 is 0 Å². The molecule has 0 saturated heterocycles. The van der Waals surface area contributed by atoms with Crippen LogP contribution in [0.3, 0.4) is 0 Å². The summed E-state index contributed by atoms with van der Waals surface area (Å²) in [5.74, 6) is 0. The molecule has 0 aromatic heterocycles. The fraction of sp³-hybridized carbons (Fsp3) is 0.625. The van der Waals surface area contributed by atoms with Crippen LogP contribution in [-0.2, 0) is 11.8 Å². The first kappa shape index (κ1) is 15.4. The lowest BCUT2D eigenvalue weighted by atomic mass is 9.67. The van der Waals surface area contributed by atoms with Gasteiger partial charge in [0.2, 0.25) is 0 Å². The number of aliphatic hydroxyl groups is 1. The summed E-state index contributed by atoms with van der Waals surface area (Å²) in [5.41, 5.74) is -0.492. The van der Waals surface area contributed by atoms with Crippen LogP contribution in [0.15, 0.2) is 18.2 Å². The molecule has 1 N–H and O–H groups in total. The number of halogens is 3. The fourth-order valence-corrected chi connectivity index (χ4v) is 3.42. The third-order valence-electron chi connectivity index (χ3n) is 4.27. The summed E-state index contributed by atoms with van der Waals surface area (Å²) >= 11 is 0. The molecule has 0 amide bonds. The summed E-state index contributed by atoms with van der Waals surface area (Å²) in [7, 11) is 0. The third kappa shape index (κ3) is 3.00. The highest BCUT2D eigenvalue weighted by molar-refractivity contribution is 5.37. The van der Waals surface area contributed by atoms with E-state index < -0.39 is 17.3 Å². The lowest BCUT2D eigenvalue weighted by Crippen LogP contribution is -2.37. The molecule has 1 atom stereocenters. The summed E-state index contributed by atoms with van der Waals surface area (Å²) in [6.45, 7) is 5.83. The molecule has 1 unspecified atom stereocenters. The van der Waals surface area contributed by atoms with Gasteiger partial charge in [-0.1, -0.05) is 19.9 Å². The average Bonchev–Trinajstić information content (AvgIpc) is 2.25. The Balaban J connectivity index is 2.38. The molecule has 1 aromatic carbocycles. The Bertz CT molecular complexity index is 505. The largest absolute Gasteiger partial charge is 0.416 e. The molecule has 1 aromatic rings. The van der Waals surface area contributed by atoms with Gasteiger partial charge in [-0.15, -0.1) is 0 Å². The van der Waals surface area contributed by atoms with Crippen LogP contribution < -0.4 is 0 Å². The minimum absolute atomic E-state index is 0.0160. The number of hydrogen-bond donors (Lipinski definition) is 1. The number of aryl methyl sites for hydroxylation is 1. The molecular formula is C16H21F3O. The van der Waals surface area contributed by atoms with Crippen LogP contribution in [0.2, 0.25) is 0 Å². The fourth-order valence-electron chi connectivity index (χ4n) is 3.42. The van der Waals surface area contributed by atoms with Gasteiger partial charge in [-0.2, -0.15) is 13.2 Å². The maximum absolute atomic E-state index is 12.7. The number of alkyl halides is 3. The first-order valence-electron chi connectivity index (χ1n) is 6.94. The van der Waals surface area contributed by atoms with Crippen molar-refractivity contribution in [3.05, 3.63) is 34.9 Å². The van der Waals surface area contributed by atoms with Gasteiger partial charge in [0.25, 0.3) is 0 Å².